The van der Waals surface area contributed by atoms with Gasteiger partial charge in [-0.05, 0) is 42.5 Å². The maximum absolute atomic E-state index is 13.8. The Hall–Kier alpha value is -3.44. The number of benzene rings is 2. The molecule has 0 saturated heterocycles. The van der Waals surface area contributed by atoms with E-state index < -0.39 is 5.82 Å². The summed E-state index contributed by atoms with van der Waals surface area (Å²) in [6.45, 7) is -0.196. The van der Waals surface area contributed by atoms with Crippen LogP contribution in [0.2, 0.25) is 0 Å². The number of methoxy groups -OCH3 is 1. The molecule has 27 heavy (non-hydrogen) atoms. The number of hydrogen-bond acceptors (Lipinski definition) is 6. The van der Waals surface area contributed by atoms with Crippen molar-refractivity contribution >= 4 is 22.4 Å². The Morgan fingerprint density at radius 1 is 1.30 bits per heavy atom. The Bertz CT molecular complexity index is 996. The van der Waals surface area contributed by atoms with Crippen molar-refractivity contribution in [2.75, 3.05) is 19.0 Å². The van der Waals surface area contributed by atoms with Crippen LogP contribution in [-0.2, 0) is 4.79 Å². The molecule has 8 heteroatoms. The van der Waals surface area contributed by atoms with E-state index in [1.54, 1.807) is 35.7 Å². The van der Waals surface area contributed by atoms with E-state index in [0.717, 1.165) is 0 Å². The Balaban J connectivity index is 1.59. The molecule has 0 bridgehead atoms. The van der Waals surface area contributed by atoms with Crippen LogP contribution in [0.15, 0.2) is 47.8 Å². The van der Waals surface area contributed by atoms with Crippen molar-refractivity contribution < 1.29 is 18.7 Å². The monoisotopic (exact) mass is 383 g/mol. The zero-order valence-corrected chi connectivity index (χ0v) is 15.0. The predicted octanol–water partition coefficient (Wildman–Crippen LogP) is 3.85. The van der Waals surface area contributed by atoms with Crippen LogP contribution in [0.25, 0.3) is 11.3 Å². The van der Waals surface area contributed by atoms with Crippen molar-refractivity contribution in [3.8, 4) is 28.8 Å². The Morgan fingerprint density at radius 3 is 2.74 bits per heavy atom. The number of nitrogens with zero attached hydrogens (tertiary/aromatic N) is 2. The number of carbonyl (C=O) groups excluding carboxylic acids is 1. The van der Waals surface area contributed by atoms with Crippen molar-refractivity contribution in [2.24, 2.45) is 0 Å². The molecule has 136 valence electrons. The van der Waals surface area contributed by atoms with Gasteiger partial charge in [-0.15, -0.1) is 11.3 Å². The van der Waals surface area contributed by atoms with Crippen molar-refractivity contribution in [1.82, 2.24) is 4.98 Å². The molecule has 1 amide bonds. The van der Waals surface area contributed by atoms with Gasteiger partial charge in [0.05, 0.1) is 24.4 Å². The summed E-state index contributed by atoms with van der Waals surface area (Å²) in [5.74, 6) is -0.217. The lowest BCUT2D eigenvalue weighted by Gasteiger charge is -2.05. The molecule has 2 aromatic carbocycles. The van der Waals surface area contributed by atoms with E-state index in [-0.39, 0.29) is 18.3 Å². The first kappa shape index (κ1) is 18.4. The summed E-state index contributed by atoms with van der Waals surface area (Å²) in [6.07, 6.45) is 0. The molecule has 0 aliphatic carbocycles. The lowest BCUT2D eigenvalue weighted by atomic mass is 10.1. The highest BCUT2D eigenvalue weighted by Crippen LogP contribution is 2.28. The van der Waals surface area contributed by atoms with Gasteiger partial charge in [-0.25, -0.2) is 9.37 Å². The molecule has 0 radical (unpaired) electrons. The molecule has 3 rings (SSSR count). The number of halogens is 1. The van der Waals surface area contributed by atoms with Gasteiger partial charge in [-0.1, -0.05) is 0 Å². The number of anilines is 1. The summed E-state index contributed by atoms with van der Waals surface area (Å²) in [6, 6.07) is 13.0. The summed E-state index contributed by atoms with van der Waals surface area (Å²) < 4.78 is 24.1. The Morgan fingerprint density at radius 2 is 2.07 bits per heavy atom. The molecule has 1 N–H and O–H groups in total. The van der Waals surface area contributed by atoms with Gasteiger partial charge in [0.2, 0.25) is 0 Å². The molecule has 0 saturated carbocycles. The minimum atomic E-state index is -0.482. The van der Waals surface area contributed by atoms with Crippen molar-refractivity contribution in [1.29, 1.82) is 5.26 Å². The molecular formula is C19H14FN3O3S. The molecular weight excluding hydrogens is 369 g/mol. The second kappa shape index (κ2) is 8.29. The maximum Gasteiger partial charge on any atom is 0.264 e. The smallest absolute Gasteiger partial charge is 0.264 e. The maximum atomic E-state index is 13.8. The standard InChI is InChI=1S/C19H14FN3O3S/c1-25-17-7-4-13(8-15(17)20)16-11-27-19(22-16)23-18(24)10-26-14-5-2-12(9-21)3-6-14/h2-8,11H,10H2,1H3,(H,22,23,24). The highest BCUT2D eigenvalue weighted by Gasteiger charge is 2.11. The first-order chi connectivity index (χ1) is 13.1. The average Bonchev–Trinajstić information content (AvgIpc) is 3.15. The molecule has 0 atom stereocenters. The number of nitriles is 1. The third kappa shape index (κ3) is 4.59. The van der Waals surface area contributed by atoms with Crippen LogP contribution in [-0.4, -0.2) is 24.6 Å². The number of nitrogens with one attached hydrogen (secondary N) is 1. The Labute approximate surface area is 158 Å². The molecule has 6 nitrogen and oxygen atoms in total. The minimum absolute atomic E-state index is 0.155. The third-order valence-electron chi connectivity index (χ3n) is 3.55. The molecule has 0 aliphatic rings. The van der Waals surface area contributed by atoms with Crippen LogP contribution in [0.5, 0.6) is 11.5 Å². The number of amides is 1. The van der Waals surface area contributed by atoms with E-state index in [1.165, 1.54) is 30.6 Å². The minimum Gasteiger partial charge on any atom is -0.494 e. The second-order valence-electron chi connectivity index (χ2n) is 5.36. The molecule has 0 unspecified atom stereocenters. The molecule has 1 aromatic heterocycles. The van der Waals surface area contributed by atoms with Crippen molar-refractivity contribution in [3.05, 3.63) is 59.2 Å². The highest BCUT2D eigenvalue weighted by molar-refractivity contribution is 7.14. The van der Waals surface area contributed by atoms with Crippen LogP contribution in [0.4, 0.5) is 9.52 Å². The largest absolute Gasteiger partial charge is 0.494 e. The van der Waals surface area contributed by atoms with Crippen LogP contribution in [0.1, 0.15) is 5.56 Å². The van der Waals surface area contributed by atoms with E-state index in [1.807, 2.05) is 6.07 Å². The van der Waals surface area contributed by atoms with Crippen molar-refractivity contribution in [3.63, 3.8) is 0 Å². The zero-order valence-electron chi connectivity index (χ0n) is 14.2. The predicted molar refractivity (Wildman–Crippen MR) is 99.3 cm³/mol. The fraction of sp³-hybridized carbons (Fsp3) is 0.105. The fourth-order valence-electron chi connectivity index (χ4n) is 2.22. The SMILES string of the molecule is COc1ccc(-c2csc(NC(=O)COc3ccc(C#N)cc3)n2)cc1F. The fourth-order valence-corrected chi connectivity index (χ4v) is 2.96. The van der Waals surface area contributed by atoms with Crippen LogP contribution < -0.4 is 14.8 Å². The quantitative estimate of drug-likeness (QED) is 0.699. The normalized spacial score (nSPS) is 10.1. The summed E-state index contributed by atoms with van der Waals surface area (Å²) in [5.41, 5.74) is 1.64. The number of aromatic nitrogens is 1. The van der Waals surface area contributed by atoms with Gasteiger partial charge in [0, 0.05) is 10.9 Å². The first-order valence-corrected chi connectivity index (χ1v) is 8.69. The van der Waals surface area contributed by atoms with Crippen LogP contribution in [0, 0.1) is 17.1 Å². The van der Waals surface area contributed by atoms with Crippen LogP contribution in [0.3, 0.4) is 0 Å². The van der Waals surface area contributed by atoms with Gasteiger partial charge >= 0.3 is 0 Å². The van der Waals surface area contributed by atoms with Gasteiger partial charge in [0.25, 0.3) is 5.91 Å². The lowest BCUT2D eigenvalue weighted by Crippen LogP contribution is -2.20. The molecule has 1 heterocycles. The molecule has 3 aromatic rings. The number of carbonyl (C=O) groups is 1. The summed E-state index contributed by atoms with van der Waals surface area (Å²) in [5, 5.41) is 13.5. The zero-order chi connectivity index (χ0) is 19.2. The Kier molecular flexibility index (Phi) is 5.64. The van der Waals surface area contributed by atoms with Crippen molar-refractivity contribution in [2.45, 2.75) is 0 Å². The summed E-state index contributed by atoms with van der Waals surface area (Å²) in [4.78, 5) is 16.3. The van der Waals surface area contributed by atoms with Gasteiger partial charge in [-0.2, -0.15) is 5.26 Å². The number of hydrogen-bond donors (Lipinski definition) is 1. The number of rotatable bonds is 6. The average molecular weight is 383 g/mol. The number of thiazole rings is 1. The van der Waals surface area contributed by atoms with Gasteiger partial charge in [0.1, 0.15) is 5.75 Å². The van der Waals surface area contributed by atoms with E-state index in [4.69, 9.17) is 14.7 Å². The van der Waals surface area contributed by atoms with Gasteiger partial charge in [-0.3, -0.25) is 10.1 Å². The van der Waals surface area contributed by atoms with Gasteiger partial charge in [0.15, 0.2) is 23.3 Å². The van der Waals surface area contributed by atoms with Gasteiger partial charge < -0.3 is 9.47 Å². The summed E-state index contributed by atoms with van der Waals surface area (Å²) in [7, 11) is 1.40. The van der Waals surface area contributed by atoms with E-state index >= 15 is 0 Å². The number of ether oxygens (including phenoxy) is 2. The molecule has 0 fully saturated rings. The summed E-state index contributed by atoms with van der Waals surface area (Å²) >= 11 is 1.23. The molecule has 0 spiro atoms. The lowest BCUT2D eigenvalue weighted by molar-refractivity contribution is -0.118. The third-order valence-corrected chi connectivity index (χ3v) is 4.31. The topological polar surface area (TPSA) is 84.2 Å². The first-order valence-electron chi connectivity index (χ1n) is 7.81. The molecule has 0 aliphatic heterocycles. The second-order valence-corrected chi connectivity index (χ2v) is 6.22. The van der Waals surface area contributed by atoms with E-state index in [0.29, 0.717) is 27.7 Å². The van der Waals surface area contributed by atoms with E-state index in [2.05, 4.69) is 10.3 Å². The highest BCUT2D eigenvalue weighted by atomic mass is 32.1. The van der Waals surface area contributed by atoms with Crippen LogP contribution >= 0.6 is 11.3 Å². The van der Waals surface area contributed by atoms with E-state index in [9.17, 15) is 9.18 Å².